The number of pyridine rings is 2. The van der Waals surface area contributed by atoms with Crippen molar-refractivity contribution >= 4 is 16.4 Å². The minimum absolute atomic E-state index is 0.259. The molecule has 0 amide bonds. The summed E-state index contributed by atoms with van der Waals surface area (Å²) in [6.45, 7) is 2.00. The molecule has 0 saturated carbocycles. The Labute approximate surface area is 136 Å². The fraction of sp³-hybridized carbons (Fsp3) is 0.0526. The van der Waals surface area contributed by atoms with Crippen molar-refractivity contribution in [3.8, 4) is 11.1 Å². The van der Waals surface area contributed by atoms with Gasteiger partial charge in [-0.1, -0.05) is 35.9 Å². The lowest BCUT2D eigenvalue weighted by atomic mass is 9.99. The van der Waals surface area contributed by atoms with Crippen molar-refractivity contribution < 1.29 is 0 Å². The summed E-state index contributed by atoms with van der Waals surface area (Å²) in [5.74, 6) is 0. The van der Waals surface area contributed by atoms with Crippen LogP contribution in [0.4, 0.5) is 0 Å². The first kappa shape index (κ1) is 14.3. The number of aryl methyl sites for hydroxylation is 1. The molecule has 0 unspecified atom stereocenters. The van der Waals surface area contributed by atoms with E-state index < -0.39 is 5.56 Å². The third kappa shape index (κ3) is 2.10. The van der Waals surface area contributed by atoms with Crippen molar-refractivity contribution in [2.75, 3.05) is 0 Å². The smallest absolute Gasteiger partial charge is 0.276 e. The van der Waals surface area contributed by atoms with Gasteiger partial charge in [-0.25, -0.2) is 4.98 Å². The molecule has 0 aliphatic rings. The van der Waals surface area contributed by atoms with Crippen molar-refractivity contribution in [1.29, 1.82) is 0 Å². The Morgan fingerprint density at radius 2 is 1.67 bits per heavy atom. The summed E-state index contributed by atoms with van der Waals surface area (Å²) >= 11 is 0. The minimum Gasteiger partial charge on any atom is -0.276 e. The SMILES string of the molecule is Cc1ccc(-c2c3cccnc3c(=O)n3cccnc(=O)c23)cc1. The van der Waals surface area contributed by atoms with Gasteiger partial charge in [-0.05, 0) is 24.6 Å². The largest absolute Gasteiger partial charge is 0.294 e. The Kier molecular flexibility index (Phi) is 3.20. The van der Waals surface area contributed by atoms with Gasteiger partial charge in [0.25, 0.3) is 11.1 Å². The molecule has 1 aromatic carbocycles. The third-order valence-electron chi connectivity index (χ3n) is 4.03. The maximum atomic E-state index is 12.8. The Morgan fingerprint density at radius 3 is 2.46 bits per heavy atom. The Bertz CT molecular complexity index is 1200. The quantitative estimate of drug-likeness (QED) is 0.541. The highest BCUT2D eigenvalue weighted by Gasteiger charge is 2.16. The van der Waals surface area contributed by atoms with E-state index >= 15 is 0 Å². The molecule has 0 saturated heterocycles. The van der Waals surface area contributed by atoms with E-state index in [1.807, 2.05) is 37.3 Å². The minimum atomic E-state index is -0.446. The van der Waals surface area contributed by atoms with Crippen molar-refractivity contribution in [2.24, 2.45) is 0 Å². The Balaban J connectivity index is 2.35. The van der Waals surface area contributed by atoms with Crippen molar-refractivity contribution in [1.82, 2.24) is 14.4 Å². The zero-order valence-corrected chi connectivity index (χ0v) is 12.9. The van der Waals surface area contributed by atoms with Crippen LogP contribution in [0.25, 0.3) is 27.5 Å². The van der Waals surface area contributed by atoms with Crippen LogP contribution in [0.3, 0.4) is 0 Å². The van der Waals surface area contributed by atoms with Crippen LogP contribution in [0, 0.1) is 6.92 Å². The normalized spacial score (nSPS) is 11.0. The van der Waals surface area contributed by atoms with E-state index in [9.17, 15) is 9.59 Å². The fourth-order valence-corrected chi connectivity index (χ4v) is 2.90. The highest BCUT2D eigenvalue weighted by molar-refractivity contribution is 6.01. The van der Waals surface area contributed by atoms with Crippen molar-refractivity contribution in [3.63, 3.8) is 0 Å². The van der Waals surface area contributed by atoms with E-state index in [1.54, 1.807) is 24.5 Å². The maximum Gasteiger partial charge on any atom is 0.294 e. The molecule has 24 heavy (non-hydrogen) atoms. The summed E-state index contributed by atoms with van der Waals surface area (Å²) in [4.78, 5) is 33.4. The summed E-state index contributed by atoms with van der Waals surface area (Å²) in [6, 6.07) is 13.0. The summed E-state index contributed by atoms with van der Waals surface area (Å²) in [5.41, 5.74) is 2.45. The number of benzene rings is 1. The van der Waals surface area contributed by atoms with E-state index in [1.165, 1.54) is 10.6 Å². The molecule has 0 bridgehead atoms. The molecular weight excluding hydrogens is 302 g/mol. The lowest BCUT2D eigenvalue weighted by Crippen LogP contribution is -2.19. The van der Waals surface area contributed by atoms with E-state index in [0.717, 1.165) is 11.1 Å². The molecule has 0 radical (unpaired) electrons. The molecule has 3 heterocycles. The number of hydrogen-bond donors (Lipinski definition) is 0. The maximum absolute atomic E-state index is 12.8. The van der Waals surface area contributed by atoms with Crippen LogP contribution in [-0.4, -0.2) is 14.4 Å². The van der Waals surface area contributed by atoms with Gasteiger partial charge < -0.3 is 0 Å². The molecule has 0 aliphatic heterocycles. The molecule has 116 valence electrons. The van der Waals surface area contributed by atoms with Gasteiger partial charge in [0.1, 0.15) is 11.0 Å². The first-order valence-electron chi connectivity index (χ1n) is 7.52. The number of nitrogens with zero attached hydrogens (tertiary/aromatic N) is 3. The van der Waals surface area contributed by atoms with E-state index in [-0.39, 0.29) is 11.1 Å². The average molecular weight is 315 g/mol. The predicted molar refractivity (Wildman–Crippen MR) is 93.2 cm³/mol. The van der Waals surface area contributed by atoms with Gasteiger partial charge in [-0.15, -0.1) is 0 Å². The molecule has 5 nitrogen and oxygen atoms in total. The van der Waals surface area contributed by atoms with Crippen LogP contribution in [0.15, 0.2) is 70.6 Å². The van der Waals surface area contributed by atoms with E-state index in [0.29, 0.717) is 16.5 Å². The summed E-state index contributed by atoms with van der Waals surface area (Å²) in [6.07, 6.45) is 4.53. The van der Waals surface area contributed by atoms with Gasteiger partial charge >= 0.3 is 0 Å². The van der Waals surface area contributed by atoms with Gasteiger partial charge in [0.05, 0.1) is 0 Å². The second kappa shape index (κ2) is 5.38. The molecule has 0 N–H and O–H groups in total. The van der Waals surface area contributed by atoms with Crippen LogP contribution < -0.4 is 11.1 Å². The van der Waals surface area contributed by atoms with Gasteiger partial charge in [0.15, 0.2) is 0 Å². The molecule has 4 aromatic rings. The molecule has 0 spiro atoms. The molecule has 3 aromatic heterocycles. The summed E-state index contributed by atoms with van der Waals surface area (Å²) in [7, 11) is 0. The van der Waals surface area contributed by atoms with Gasteiger partial charge in [-0.3, -0.25) is 19.0 Å². The highest BCUT2D eigenvalue weighted by Crippen LogP contribution is 2.29. The molecule has 0 atom stereocenters. The van der Waals surface area contributed by atoms with Crippen LogP contribution in [0.1, 0.15) is 5.56 Å². The van der Waals surface area contributed by atoms with Crippen LogP contribution in [0.2, 0.25) is 0 Å². The molecule has 4 rings (SSSR count). The van der Waals surface area contributed by atoms with Gasteiger partial charge in [-0.2, -0.15) is 0 Å². The molecule has 0 fully saturated rings. The van der Waals surface area contributed by atoms with E-state index in [4.69, 9.17) is 0 Å². The molecular formula is C19H13N3O2. The van der Waals surface area contributed by atoms with Gasteiger partial charge in [0.2, 0.25) is 0 Å². The Hall–Kier alpha value is -3.34. The van der Waals surface area contributed by atoms with Crippen molar-refractivity contribution in [3.05, 3.63) is 87.3 Å². The van der Waals surface area contributed by atoms with Crippen molar-refractivity contribution in [2.45, 2.75) is 6.92 Å². The van der Waals surface area contributed by atoms with Crippen LogP contribution in [-0.2, 0) is 0 Å². The molecule has 5 heteroatoms. The first-order chi connectivity index (χ1) is 11.7. The third-order valence-corrected chi connectivity index (χ3v) is 4.03. The second-order valence-electron chi connectivity index (χ2n) is 5.59. The zero-order valence-electron chi connectivity index (χ0n) is 12.9. The number of hydrogen-bond acceptors (Lipinski definition) is 4. The number of aromatic nitrogens is 3. The predicted octanol–water partition coefficient (Wildman–Crippen LogP) is 2.58. The second-order valence-corrected chi connectivity index (χ2v) is 5.59. The Morgan fingerprint density at radius 1 is 0.917 bits per heavy atom. The lowest BCUT2D eigenvalue weighted by molar-refractivity contribution is 1.11. The highest BCUT2D eigenvalue weighted by atomic mass is 16.1. The van der Waals surface area contributed by atoms with E-state index in [2.05, 4.69) is 9.97 Å². The summed E-state index contributed by atoms with van der Waals surface area (Å²) in [5, 5.41) is 0.649. The average Bonchev–Trinajstić information content (AvgIpc) is 2.79. The standard InChI is InChI=1S/C19H13N3O2/c1-12-5-7-13(8-6-12)15-14-4-2-9-20-16(14)19(24)22-11-3-10-21-18(23)17(15)22/h2-11H,1H3. The topological polar surface area (TPSA) is 64.3 Å². The van der Waals surface area contributed by atoms with Crippen LogP contribution in [0.5, 0.6) is 0 Å². The number of rotatable bonds is 1. The number of fused-ring (bicyclic) bond motifs is 2. The van der Waals surface area contributed by atoms with Gasteiger partial charge in [0, 0.05) is 29.5 Å². The summed E-state index contributed by atoms with van der Waals surface area (Å²) < 4.78 is 1.33. The molecule has 0 aliphatic carbocycles. The fourth-order valence-electron chi connectivity index (χ4n) is 2.90. The zero-order chi connectivity index (χ0) is 16.7. The monoisotopic (exact) mass is 315 g/mol. The van der Waals surface area contributed by atoms with Crippen LogP contribution >= 0.6 is 0 Å². The first-order valence-corrected chi connectivity index (χ1v) is 7.52. The lowest BCUT2D eigenvalue weighted by Gasteiger charge is -2.09.